The second-order valence-electron chi connectivity index (χ2n) is 7.52. The molecule has 0 amide bonds. The Balaban J connectivity index is 1.43. The molecule has 0 aliphatic heterocycles. The van der Waals surface area contributed by atoms with E-state index in [4.69, 9.17) is 10.3 Å². The monoisotopic (exact) mass is 416 g/mol. The number of hydrogen-bond acceptors (Lipinski definition) is 9. The van der Waals surface area contributed by atoms with Gasteiger partial charge in [-0.2, -0.15) is 10.1 Å². The minimum Gasteiger partial charge on any atom is -0.390 e. The van der Waals surface area contributed by atoms with Crippen LogP contribution in [-0.2, 0) is 5.41 Å². The highest BCUT2D eigenvalue weighted by Gasteiger charge is 2.45. The lowest BCUT2D eigenvalue weighted by Crippen LogP contribution is -2.36. The maximum Gasteiger partial charge on any atom is 0.261 e. The molecule has 1 fully saturated rings. The average molecular weight is 416 g/mol. The summed E-state index contributed by atoms with van der Waals surface area (Å²) in [7, 11) is 0. The van der Waals surface area contributed by atoms with Crippen LogP contribution in [0.1, 0.15) is 30.7 Å². The first-order valence-electron chi connectivity index (χ1n) is 9.82. The molecule has 0 radical (unpaired) electrons. The van der Waals surface area contributed by atoms with Gasteiger partial charge in [0.05, 0.1) is 35.2 Å². The molecule has 1 aliphatic rings. The summed E-state index contributed by atoms with van der Waals surface area (Å²) >= 11 is 0. The quantitative estimate of drug-likeness (QED) is 0.484. The fourth-order valence-electron chi connectivity index (χ4n) is 3.70. The lowest BCUT2D eigenvalue weighted by Gasteiger charge is -2.39. The third-order valence-electron chi connectivity index (χ3n) is 5.68. The number of nitrogens with zero attached hydrogens (tertiary/aromatic N) is 7. The van der Waals surface area contributed by atoms with E-state index in [2.05, 4.69) is 36.8 Å². The van der Waals surface area contributed by atoms with Crippen LogP contribution in [0.3, 0.4) is 0 Å². The van der Waals surface area contributed by atoms with E-state index in [1.807, 2.05) is 18.3 Å². The Morgan fingerprint density at radius 1 is 1.13 bits per heavy atom. The number of rotatable bonds is 6. The van der Waals surface area contributed by atoms with Gasteiger partial charge in [0.15, 0.2) is 5.82 Å². The minimum absolute atomic E-state index is 0.190. The maximum absolute atomic E-state index is 9.22. The molecule has 1 aliphatic carbocycles. The van der Waals surface area contributed by atoms with Crippen LogP contribution in [0.15, 0.2) is 54.2 Å². The van der Waals surface area contributed by atoms with E-state index in [-0.39, 0.29) is 18.0 Å². The summed E-state index contributed by atoms with van der Waals surface area (Å²) in [5.41, 5.74) is 8.96. The molecule has 10 nitrogen and oxygen atoms in total. The van der Waals surface area contributed by atoms with Crippen LogP contribution in [-0.4, -0.2) is 46.6 Å². The fraction of sp³-hybridized carbons (Fsp3) is 0.238. The van der Waals surface area contributed by atoms with Gasteiger partial charge in [-0.15, -0.1) is 0 Å². The first-order chi connectivity index (χ1) is 15.1. The smallest absolute Gasteiger partial charge is 0.261 e. The highest BCUT2D eigenvalue weighted by Crippen LogP contribution is 2.48. The summed E-state index contributed by atoms with van der Waals surface area (Å²) in [4.78, 5) is 17.3. The van der Waals surface area contributed by atoms with Crippen molar-refractivity contribution >= 4 is 11.6 Å². The molecule has 0 atom stereocenters. The molecule has 5 rings (SSSR count). The zero-order chi connectivity index (χ0) is 21.4. The first kappa shape index (κ1) is 19.1. The van der Waals surface area contributed by atoms with Crippen LogP contribution in [0.5, 0.6) is 0 Å². The van der Waals surface area contributed by atoms with Gasteiger partial charge in [0.1, 0.15) is 0 Å². The van der Waals surface area contributed by atoms with E-state index in [0.29, 0.717) is 23.0 Å². The summed E-state index contributed by atoms with van der Waals surface area (Å²) in [6.07, 6.45) is 11.4. The van der Waals surface area contributed by atoms with Crippen molar-refractivity contribution in [3.8, 4) is 22.7 Å². The standard InChI is InChI=1S/C21H20N8O2/c1-13(12-30)29-11-15(9-26-29)18-27-19(28-31-18)21(5-2-6-21)16-3-4-17(23-10-16)14-7-24-20(22)25-8-14/h3-4,7-11,30H,1-2,5-6,12H2,(H2,22,24,25). The third kappa shape index (κ3) is 3.26. The Labute approximate surface area is 177 Å². The van der Waals surface area contributed by atoms with Gasteiger partial charge in [-0.05, 0) is 24.5 Å². The number of anilines is 1. The van der Waals surface area contributed by atoms with Gasteiger partial charge in [-0.25, -0.2) is 14.6 Å². The first-order valence-corrected chi connectivity index (χ1v) is 9.82. The van der Waals surface area contributed by atoms with Crippen molar-refractivity contribution in [2.45, 2.75) is 24.7 Å². The normalized spacial score (nSPS) is 14.9. The number of nitrogens with two attached hydrogens (primary N) is 1. The molecule has 0 unspecified atom stereocenters. The highest BCUT2D eigenvalue weighted by atomic mass is 16.5. The van der Waals surface area contributed by atoms with Crippen molar-refractivity contribution in [3.05, 3.63) is 61.1 Å². The van der Waals surface area contributed by atoms with E-state index in [1.165, 1.54) is 4.68 Å². The van der Waals surface area contributed by atoms with Gasteiger partial charge >= 0.3 is 0 Å². The molecule has 4 aromatic rings. The molecule has 0 saturated heterocycles. The van der Waals surface area contributed by atoms with Crippen molar-refractivity contribution in [1.29, 1.82) is 0 Å². The second-order valence-corrected chi connectivity index (χ2v) is 7.52. The molecule has 4 aromatic heterocycles. The van der Waals surface area contributed by atoms with Gasteiger partial charge in [-0.3, -0.25) is 4.98 Å². The number of nitrogen functional groups attached to an aromatic ring is 1. The number of aliphatic hydroxyl groups is 1. The van der Waals surface area contributed by atoms with Gasteiger partial charge in [-0.1, -0.05) is 24.2 Å². The molecule has 0 bridgehead atoms. The second kappa shape index (κ2) is 7.40. The topological polar surface area (TPSA) is 142 Å². The SMILES string of the molecule is C=C(CO)n1cc(-c2nc(C3(c4ccc(-c5cnc(N)nc5)nc4)CCC3)no2)cn1. The largest absolute Gasteiger partial charge is 0.390 e. The van der Waals surface area contributed by atoms with Gasteiger partial charge in [0, 0.05) is 30.4 Å². The molecular formula is C21H20N8O2. The molecule has 156 valence electrons. The molecule has 1 saturated carbocycles. The van der Waals surface area contributed by atoms with Crippen LogP contribution in [0.4, 0.5) is 5.95 Å². The molecule has 3 N–H and O–H groups in total. The van der Waals surface area contributed by atoms with E-state index < -0.39 is 0 Å². The predicted molar refractivity (Wildman–Crippen MR) is 112 cm³/mol. The molecule has 10 heteroatoms. The van der Waals surface area contributed by atoms with E-state index in [9.17, 15) is 5.11 Å². The lowest BCUT2D eigenvalue weighted by molar-refractivity contribution is 0.272. The van der Waals surface area contributed by atoms with Crippen molar-refractivity contribution in [3.63, 3.8) is 0 Å². The Bertz CT molecular complexity index is 1220. The van der Waals surface area contributed by atoms with E-state index in [0.717, 1.165) is 36.1 Å². The van der Waals surface area contributed by atoms with Crippen LogP contribution >= 0.6 is 0 Å². The summed E-state index contributed by atoms with van der Waals surface area (Å²) in [6, 6.07) is 3.98. The zero-order valence-corrected chi connectivity index (χ0v) is 16.6. The van der Waals surface area contributed by atoms with Crippen LogP contribution < -0.4 is 5.73 Å². The van der Waals surface area contributed by atoms with Crippen LogP contribution in [0.2, 0.25) is 0 Å². The summed E-state index contributed by atoms with van der Waals surface area (Å²) < 4.78 is 7.02. The zero-order valence-electron chi connectivity index (χ0n) is 16.6. The Morgan fingerprint density at radius 3 is 2.58 bits per heavy atom. The minimum atomic E-state index is -0.324. The lowest BCUT2D eigenvalue weighted by atomic mass is 9.64. The average Bonchev–Trinajstić information content (AvgIpc) is 3.44. The number of aliphatic hydroxyl groups excluding tert-OH is 1. The molecule has 4 heterocycles. The summed E-state index contributed by atoms with van der Waals surface area (Å²) in [6.45, 7) is 3.56. The number of aromatic nitrogens is 7. The van der Waals surface area contributed by atoms with Gasteiger partial charge in [0.25, 0.3) is 5.89 Å². The van der Waals surface area contributed by atoms with Crippen molar-refractivity contribution in [2.24, 2.45) is 0 Å². The number of pyridine rings is 1. The van der Waals surface area contributed by atoms with E-state index in [1.54, 1.807) is 24.8 Å². The molecule has 0 aromatic carbocycles. The summed E-state index contributed by atoms with van der Waals surface area (Å²) in [5, 5.41) is 17.7. The molecule has 0 spiro atoms. The highest BCUT2D eigenvalue weighted by molar-refractivity contribution is 5.58. The Kier molecular flexibility index (Phi) is 4.55. The third-order valence-corrected chi connectivity index (χ3v) is 5.68. The fourth-order valence-corrected chi connectivity index (χ4v) is 3.70. The van der Waals surface area contributed by atoms with Crippen molar-refractivity contribution < 1.29 is 9.63 Å². The van der Waals surface area contributed by atoms with Gasteiger partial charge in [0.2, 0.25) is 5.95 Å². The van der Waals surface area contributed by atoms with Crippen molar-refractivity contribution in [1.82, 2.24) is 34.9 Å². The van der Waals surface area contributed by atoms with Crippen LogP contribution in [0, 0.1) is 0 Å². The molecule has 31 heavy (non-hydrogen) atoms. The molecular weight excluding hydrogens is 396 g/mol. The summed E-state index contributed by atoms with van der Waals surface area (Å²) in [5.74, 6) is 1.24. The Morgan fingerprint density at radius 2 is 1.94 bits per heavy atom. The maximum atomic E-state index is 9.22. The van der Waals surface area contributed by atoms with Crippen molar-refractivity contribution in [2.75, 3.05) is 12.3 Å². The Hall–Kier alpha value is -3.92. The predicted octanol–water partition coefficient (Wildman–Crippen LogP) is 2.30. The van der Waals surface area contributed by atoms with E-state index >= 15 is 0 Å². The number of hydrogen-bond donors (Lipinski definition) is 2. The van der Waals surface area contributed by atoms with Crippen LogP contribution in [0.25, 0.3) is 28.4 Å². The van der Waals surface area contributed by atoms with Gasteiger partial charge < -0.3 is 15.4 Å².